The molecular formula is C16H19N3O. The highest BCUT2D eigenvalue weighted by molar-refractivity contribution is 5.97. The predicted octanol–water partition coefficient (Wildman–Crippen LogP) is 2.72. The minimum Gasteiger partial charge on any atom is -0.396 e. The van der Waals surface area contributed by atoms with Crippen molar-refractivity contribution in [3.05, 3.63) is 41.5 Å². The van der Waals surface area contributed by atoms with Crippen LogP contribution in [0.5, 0.6) is 0 Å². The van der Waals surface area contributed by atoms with Gasteiger partial charge in [0.1, 0.15) is 5.82 Å². The van der Waals surface area contributed by atoms with Crippen molar-refractivity contribution in [2.75, 3.05) is 6.61 Å². The van der Waals surface area contributed by atoms with E-state index in [1.165, 1.54) is 5.39 Å². The first kappa shape index (κ1) is 12.9. The second-order valence-corrected chi connectivity index (χ2v) is 5.17. The number of rotatable bonds is 3. The highest BCUT2D eigenvalue weighted by Crippen LogP contribution is 2.33. The van der Waals surface area contributed by atoms with E-state index < -0.39 is 0 Å². The molecule has 4 nitrogen and oxygen atoms in total. The van der Waals surface area contributed by atoms with Gasteiger partial charge in [0.25, 0.3) is 0 Å². The number of aromatic amines is 1. The molecule has 3 rings (SSSR count). The van der Waals surface area contributed by atoms with Gasteiger partial charge in [-0.2, -0.15) is 0 Å². The lowest BCUT2D eigenvalue weighted by molar-refractivity contribution is 0.295. The fourth-order valence-electron chi connectivity index (χ4n) is 2.78. The number of benzene rings is 1. The number of fused-ring (bicyclic) bond motifs is 1. The van der Waals surface area contributed by atoms with Crippen LogP contribution in [0.3, 0.4) is 0 Å². The molecule has 4 heteroatoms. The van der Waals surface area contributed by atoms with Gasteiger partial charge in [-0.3, -0.25) is 0 Å². The number of H-pyrrole nitrogens is 1. The van der Waals surface area contributed by atoms with Crippen LogP contribution in [0.1, 0.15) is 17.2 Å². The first-order valence-electron chi connectivity index (χ1n) is 6.84. The van der Waals surface area contributed by atoms with E-state index in [0.29, 0.717) is 6.42 Å². The lowest BCUT2D eigenvalue weighted by atomic mass is 10.1. The maximum Gasteiger partial charge on any atom is 0.111 e. The summed E-state index contributed by atoms with van der Waals surface area (Å²) in [6.07, 6.45) is 0.582. The molecule has 0 atom stereocenters. The fourth-order valence-corrected chi connectivity index (χ4v) is 2.78. The number of aromatic nitrogens is 3. The Morgan fingerprint density at radius 2 is 2.00 bits per heavy atom. The fraction of sp³-hybridized carbons (Fsp3) is 0.312. The van der Waals surface area contributed by atoms with Gasteiger partial charge in [-0.15, -0.1) is 0 Å². The molecule has 2 N–H and O–H groups in total. The van der Waals surface area contributed by atoms with Crippen molar-refractivity contribution >= 4 is 10.9 Å². The molecule has 2 heterocycles. The summed E-state index contributed by atoms with van der Waals surface area (Å²) in [6, 6.07) is 8.28. The maximum absolute atomic E-state index is 9.14. The largest absolute Gasteiger partial charge is 0.396 e. The molecule has 0 fully saturated rings. The first-order valence-corrected chi connectivity index (χ1v) is 6.84. The normalized spacial score (nSPS) is 11.4. The average Bonchev–Trinajstić information content (AvgIpc) is 2.90. The zero-order valence-electron chi connectivity index (χ0n) is 12.1. The maximum atomic E-state index is 9.14. The summed E-state index contributed by atoms with van der Waals surface area (Å²) in [4.78, 5) is 8.15. The molecule has 0 aliphatic rings. The van der Waals surface area contributed by atoms with E-state index in [9.17, 15) is 0 Å². The molecule has 3 aromatic rings. The van der Waals surface area contributed by atoms with Gasteiger partial charge in [-0.25, -0.2) is 4.98 Å². The van der Waals surface area contributed by atoms with Crippen LogP contribution in [0.15, 0.2) is 24.3 Å². The summed E-state index contributed by atoms with van der Waals surface area (Å²) < 4.78 is 2.06. The molecule has 0 aliphatic heterocycles. The van der Waals surface area contributed by atoms with Crippen molar-refractivity contribution in [3.63, 3.8) is 0 Å². The van der Waals surface area contributed by atoms with E-state index in [2.05, 4.69) is 35.5 Å². The predicted molar refractivity (Wildman–Crippen MR) is 80.8 cm³/mol. The van der Waals surface area contributed by atoms with Crippen LogP contribution >= 0.6 is 0 Å². The van der Waals surface area contributed by atoms with E-state index in [4.69, 9.17) is 10.1 Å². The minimum atomic E-state index is 0.122. The number of aryl methyl sites for hydroxylation is 1. The van der Waals surface area contributed by atoms with Gasteiger partial charge in [0.2, 0.25) is 0 Å². The van der Waals surface area contributed by atoms with Crippen molar-refractivity contribution < 1.29 is 5.11 Å². The minimum absolute atomic E-state index is 0.122. The van der Waals surface area contributed by atoms with E-state index in [0.717, 1.165) is 34.0 Å². The summed E-state index contributed by atoms with van der Waals surface area (Å²) in [5.41, 5.74) is 5.56. The summed E-state index contributed by atoms with van der Waals surface area (Å²) in [5.74, 6) is 0.921. The van der Waals surface area contributed by atoms with Crippen LogP contribution in [0, 0.1) is 13.8 Å². The third-order valence-corrected chi connectivity index (χ3v) is 3.94. The van der Waals surface area contributed by atoms with Gasteiger partial charge < -0.3 is 14.7 Å². The molecule has 0 bridgehead atoms. The zero-order valence-corrected chi connectivity index (χ0v) is 12.1. The van der Waals surface area contributed by atoms with Crippen LogP contribution in [0.25, 0.3) is 22.2 Å². The number of para-hydroxylation sites is 1. The molecule has 2 aromatic heterocycles. The standard InChI is InChI=1S/C16H19N3O/c1-10-15(12-6-4-5-7-13(12)17-10)16-11(2)19(3)14(18-16)8-9-20/h4-7,17,20H,8-9H2,1-3H3. The highest BCUT2D eigenvalue weighted by atomic mass is 16.3. The van der Waals surface area contributed by atoms with Crippen molar-refractivity contribution in [2.24, 2.45) is 7.05 Å². The summed E-state index contributed by atoms with van der Waals surface area (Å²) in [6.45, 7) is 4.27. The molecule has 0 radical (unpaired) electrons. The van der Waals surface area contributed by atoms with Gasteiger partial charge in [0.15, 0.2) is 0 Å². The monoisotopic (exact) mass is 269 g/mol. The lowest BCUT2D eigenvalue weighted by Gasteiger charge is -2.01. The van der Waals surface area contributed by atoms with Crippen molar-refractivity contribution in [1.29, 1.82) is 0 Å². The van der Waals surface area contributed by atoms with Crippen LogP contribution in [0.2, 0.25) is 0 Å². The van der Waals surface area contributed by atoms with E-state index >= 15 is 0 Å². The first-order chi connectivity index (χ1) is 9.63. The third-order valence-electron chi connectivity index (χ3n) is 3.94. The van der Waals surface area contributed by atoms with Crippen molar-refractivity contribution in [1.82, 2.24) is 14.5 Å². The molecule has 0 spiro atoms. The summed E-state index contributed by atoms with van der Waals surface area (Å²) in [5, 5.41) is 10.3. The van der Waals surface area contributed by atoms with E-state index in [-0.39, 0.29) is 6.61 Å². The molecule has 0 saturated carbocycles. The summed E-state index contributed by atoms with van der Waals surface area (Å²) >= 11 is 0. The Balaban J connectivity index is 2.26. The zero-order chi connectivity index (χ0) is 14.3. The molecule has 104 valence electrons. The van der Waals surface area contributed by atoms with Gasteiger partial charge in [0.05, 0.1) is 12.3 Å². The topological polar surface area (TPSA) is 53.8 Å². The van der Waals surface area contributed by atoms with Crippen molar-refractivity contribution in [3.8, 4) is 11.3 Å². The van der Waals surface area contributed by atoms with E-state index in [1.54, 1.807) is 0 Å². The second-order valence-electron chi connectivity index (χ2n) is 5.17. The molecule has 0 amide bonds. The quantitative estimate of drug-likeness (QED) is 0.768. The number of nitrogens with one attached hydrogen (secondary N) is 1. The molecule has 1 aromatic carbocycles. The molecule has 0 aliphatic carbocycles. The average molecular weight is 269 g/mol. The Labute approximate surface area is 118 Å². The van der Waals surface area contributed by atoms with Gasteiger partial charge >= 0.3 is 0 Å². The van der Waals surface area contributed by atoms with Gasteiger partial charge in [-0.05, 0) is 19.9 Å². The van der Waals surface area contributed by atoms with Crippen LogP contribution in [0.4, 0.5) is 0 Å². The number of nitrogens with zero attached hydrogens (tertiary/aromatic N) is 2. The van der Waals surface area contributed by atoms with Crippen LogP contribution in [-0.4, -0.2) is 26.2 Å². The van der Waals surface area contributed by atoms with Gasteiger partial charge in [-0.1, -0.05) is 18.2 Å². The lowest BCUT2D eigenvalue weighted by Crippen LogP contribution is -2.01. The Kier molecular flexibility index (Phi) is 3.10. The van der Waals surface area contributed by atoms with Gasteiger partial charge in [0, 0.05) is 41.3 Å². The number of hydrogen-bond donors (Lipinski definition) is 2. The number of aliphatic hydroxyl groups is 1. The van der Waals surface area contributed by atoms with E-state index in [1.807, 2.05) is 19.2 Å². The van der Waals surface area contributed by atoms with Crippen LogP contribution < -0.4 is 0 Å². The molecule has 20 heavy (non-hydrogen) atoms. The number of aliphatic hydroxyl groups excluding tert-OH is 1. The third kappa shape index (κ3) is 1.84. The Hall–Kier alpha value is -2.07. The Bertz CT molecular complexity index is 767. The molecular weight excluding hydrogens is 250 g/mol. The number of imidazole rings is 1. The smallest absolute Gasteiger partial charge is 0.111 e. The highest BCUT2D eigenvalue weighted by Gasteiger charge is 2.18. The molecule has 0 saturated heterocycles. The second kappa shape index (κ2) is 4.80. The van der Waals surface area contributed by atoms with Crippen LogP contribution in [-0.2, 0) is 13.5 Å². The Morgan fingerprint density at radius 1 is 1.25 bits per heavy atom. The number of hydrogen-bond acceptors (Lipinski definition) is 2. The summed E-state index contributed by atoms with van der Waals surface area (Å²) in [7, 11) is 2.00. The molecule has 0 unspecified atom stereocenters. The SMILES string of the molecule is Cc1[nH]c2ccccc2c1-c1nc(CCO)n(C)c1C. The Morgan fingerprint density at radius 3 is 2.75 bits per heavy atom. The van der Waals surface area contributed by atoms with Crippen molar-refractivity contribution in [2.45, 2.75) is 20.3 Å².